The summed E-state index contributed by atoms with van der Waals surface area (Å²) in [6.07, 6.45) is 6.25. The molecule has 2 unspecified atom stereocenters. The summed E-state index contributed by atoms with van der Waals surface area (Å²) in [5, 5.41) is 4.11. The Bertz CT molecular complexity index is 367. The van der Waals surface area contributed by atoms with Gasteiger partial charge in [-0.3, -0.25) is 0 Å². The third-order valence-corrected chi connectivity index (χ3v) is 3.72. The van der Waals surface area contributed by atoms with E-state index in [1.807, 2.05) is 13.8 Å². The van der Waals surface area contributed by atoms with Gasteiger partial charge in [0.25, 0.3) is 0 Å². The second kappa shape index (κ2) is 4.77. The van der Waals surface area contributed by atoms with Crippen LogP contribution in [-0.4, -0.2) is 10.1 Å². The zero-order valence-electron chi connectivity index (χ0n) is 11.1. The summed E-state index contributed by atoms with van der Waals surface area (Å²) in [6.45, 7) is 6.04. The molecule has 1 aromatic rings. The standard InChI is InChI=1S/C13H23N3O/c1-4-9-6-5-7-10(8-9)11-15-12(17-16-11)13(2,3)14/h9-10H,4-8,14H2,1-3H3. The van der Waals surface area contributed by atoms with Gasteiger partial charge in [0, 0.05) is 5.92 Å². The average molecular weight is 237 g/mol. The van der Waals surface area contributed by atoms with E-state index >= 15 is 0 Å². The molecule has 0 radical (unpaired) electrons. The van der Waals surface area contributed by atoms with Gasteiger partial charge in [-0.25, -0.2) is 0 Å². The van der Waals surface area contributed by atoms with E-state index in [2.05, 4.69) is 17.1 Å². The third-order valence-electron chi connectivity index (χ3n) is 3.72. The van der Waals surface area contributed by atoms with E-state index in [-0.39, 0.29) is 0 Å². The van der Waals surface area contributed by atoms with Crippen LogP contribution in [0.1, 0.15) is 70.5 Å². The second-order valence-electron chi connectivity index (χ2n) is 5.82. The molecule has 2 N–H and O–H groups in total. The van der Waals surface area contributed by atoms with Crippen LogP contribution in [0.25, 0.3) is 0 Å². The second-order valence-corrected chi connectivity index (χ2v) is 5.82. The summed E-state index contributed by atoms with van der Waals surface area (Å²) in [6, 6.07) is 0. The molecule has 0 saturated heterocycles. The minimum atomic E-state index is -0.538. The molecule has 4 heteroatoms. The van der Waals surface area contributed by atoms with Crippen LogP contribution in [-0.2, 0) is 5.54 Å². The van der Waals surface area contributed by atoms with Crippen molar-refractivity contribution in [2.75, 3.05) is 0 Å². The first-order valence-corrected chi connectivity index (χ1v) is 6.63. The molecule has 1 saturated carbocycles. The van der Waals surface area contributed by atoms with Gasteiger partial charge < -0.3 is 10.3 Å². The Kier molecular flexibility index (Phi) is 3.52. The molecule has 17 heavy (non-hydrogen) atoms. The van der Waals surface area contributed by atoms with E-state index in [4.69, 9.17) is 10.3 Å². The van der Waals surface area contributed by atoms with Crippen molar-refractivity contribution in [3.8, 4) is 0 Å². The van der Waals surface area contributed by atoms with E-state index < -0.39 is 5.54 Å². The Morgan fingerprint density at radius 2 is 2.18 bits per heavy atom. The fourth-order valence-electron chi connectivity index (χ4n) is 2.56. The van der Waals surface area contributed by atoms with Crippen molar-refractivity contribution < 1.29 is 4.52 Å². The van der Waals surface area contributed by atoms with Crippen LogP contribution in [0.5, 0.6) is 0 Å². The van der Waals surface area contributed by atoms with Crippen molar-refractivity contribution in [1.82, 2.24) is 10.1 Å². The van der Waals surface area contributed by atoms with Crippen molar-refractivity contribution in [3.63, 3.8) is 0 Å². The lowest BCUT2D eigenvalue weighted by molar-refractivity contribution is 0.289. The van der Waals surface area contributed by atoms with Crippen LogP contribution in [0.4, 0.5) is 0 Å². The summed E-state index contributed by atoms with van der Waals surface area (Å²) in [7, 11) is 0. The number of nitrogens with two attached hydrogens (primary N) is 1. The summed E-state index contributed by atoms with van der Waals surface area (Å²) in [4.78, 5) is 4.47. The highest BCUT2D eigenvalue weighted by atomic mass is 16.5. The van der Waals surface area contributed by atoms with Crippen LogP contribution in [0.15, 0.2) is 4.52 Å². The molecule has 0 aromatic carbocycles. The molecule has 0 aliphatic heterocycles. The Morgan fingerprint density at radius 3 is 2.76 bits per heavy atom. The molecule has 4 nitrogen and oxygen atoms in total. The Balaban J connectivity index is 2.09. The van der Waals surface area contributed by atoms with Crippen LogP contribution < -0.4 is 5.73 Å². The van der Waals surface area contributed by atoms with Crippen LogP contribution >= 0.6 is 0 Å². The number of nitrogens with zero attached hydrogens (tertiary/aromatic N) is 2. The van der Waals surface area contributed by atoms with Gasteiger partial charge in [0.15, 0.2) is 5.82 Å². The molecule has 1 heterocycles. The van der Waals surface area contributed by atoms with E-state index in [0.29, 0.717) is 11.8 Å². The first-order chi connectivity index (χ1) is 8.00. The highest BCUT2D eigenvalue weighted by Gasteiger charge is 2.28. The predicted octanol–water partition coefficient (Wildman–Crippen LogP) is 2.95. The monoisotopic (exact) mass is 237 g/mol. The van der Waals surface area contributed by atoms with Gasteiger partial charge in [-0.2, -0.15) is 4.98 Å². The van der Waals surface area contributed by atoms with E-state index in [0.717, 1.165) is 11.7 Å². The van der Waals surface area contributed by atoms with Gasteiger partial charge >= 0.3 is 0 Å². The molecule has 0 bridgehead atoms. The molecule has 2 atom stereocenters. The van der Waals surface area contributed by atoms with Crippen LogP contribution in [0.3, 0.4) is 0 Å². The van der Waals surface area contributed by atoms with Gasteiger partial charge in [-0.15, -0.1) is 0 Å². The minimum absolute atomic E-state index is 0.466. The maximum absolute atomic E-state index is 5.96. The van der Waals surface area contributed by atoms with E-state index in [9.17, 15) is 0 Å². The number of hydrogen-bond donors (Lipinski definition) is 1. The summed E-state index contributed by atoms with van der Waals surface area (Å²) >= 11 is 0. The van der Waals surface area contributed by atoms with Crippen LogP contribution in [0.2, 0.25) is 0 Å². The fraction of sp³-hybridized carbons (Fsp3) is 0.846. The van der Waals surface area contributed by atoms with Gasteiger partial charge in [0.05, 0.1) is 5.54 Å². The zero-order valence-corrected chi connectivity index (χ0v) is 11.1. The van der Waals surface area contributed by atoms with Gasteiger partial charge in [0.1, 0.15) is 0 Å². The van der Waals surface area contributed by atoms with E-state index in [1.54, 1.807) is 0 Å². The first-order valence-electron chi connectivity index (χ1n) is 6.63. The summed E-state index contributed by atoms with van der Waals surface area (Å²) < 4.78 is 5.27. The third kappa shape index (κ3) is 2.86. The van der Waals surface area contributed by atoms with Crippen molar-refractivity contribution in [3.05, 3.63) is 11.7 Å². The molecule has 96 valence electrons. The predicted molar refractivity (Wildman–Crippen MR) is 66.5 cm³/mol. The van der Waals surface area contributed by atoms with Gasteiger partial charge in [0.2, 0.25) is 5.89 Å². The summed E-state index contributed by atoms with van der Waals surface area (Å²) in [5.41, 5.74) is 5.42. The Labute approximate surface area is 103 Å². The fourth-order valence-corrected chi connectivity index (χ4v) is 2.56. The maximum atomic E-state index is 5.96. The molecule has 0 amide bonds. The van der Waals surface area contributed by atoms with Crippen LogP contribution in [0, 0.1) is 5.92 Å². The van der Waals surface area contributed by atoms with E-state index in [1.165, 1.54) is 32.1 Å². The molecule has 1 aliphatic rings. The quantitative estimate of drug-likeness (QED) is 0.877. The van der Waals surface area contributed by atoms with Crippen molar-refractivity contribution in [2.24, 2.45) is 11.7 Å². The Morgan fingerprint density at radius 1 is 1.41 bits per heavy atom. The largest absolute Gasteiger partial charge is 0.337 e. The lowest BCUT2D eigenvalue weighted by atomic mass is 9.80. The maximum Gasteiger partial charge on any atom is 0.246 e. The lowest BCUT2D eigenvalue weighted by Crippen LogP contribution is -2.29. The first kappa shape index (κ1) is 12.6. The number of hydrogen-bond acceptors (Lipinski definition) is 4. The summed E-state index contributed by atoms with van der Waals surface area (Å²) in [5.74, 6) is 2.69. The average Bonchev–Trinajstić information content (AvgIpc) is 2.78. The SMILES string of the molecule is CCC1CCCC(c2noc(C(C)(C)N)n2)C1. The molecular formula is C13H23N3O. The highest BCUT2D eigenvalue weighted by Crippen LogP contribution is 2.36. The minimum Gasteiger partial charge on any atom is -0.337 e. The van der Waals surface area contributed by atoms with Crippen molar-refractivity contribution >= 4 is 0 Å². The van der Waals surface area contributed by atoms with Crippen molar-refractivity contribution in [2.45, 2.75) is 64.3 Å². The van der Waals surface area contributed by atoms with Gasteiger partial charge in [-0.05, 0) is 32.6 Å². The van der Waals surface area contributed by atoms with Gasteiger partial charge in [-0.1, -0.05) is 31.3 Å². The molecule has 1 aromatic heterocycles. The topological polar surface area (TPSA) is 64.9 Å². The molecule has 2 rings (SSSR count). The number of aromatic nitrogens is 2. The lowest BCUT2D eigenvalue weighted by Gasteiger charge is -2.26. The highest BCUT2D eigenvalue weighted by molar-refractivity contribution is 5.02. The Hall–Kier alpha value is -0.900. The smallest absolute Gasteiger partial charge is 0.246 e. The van der Waals surface area contributed by atoms with Crippen molar-refractivity contribution in [1.29, 1.82) is 0 Å². The zero-order chi connectivity index (χ0) is 12.5. The molecule has 1 aliphatic carbocycles. The number of rotatable bonds is 3. The molecule has 1 fully saturated rings. The molecular weight excluding hydrogens is 214 g/mol. The normalized spacial score (nSPS) is 26.1. The molecule has 0 spiro atoms.